The molecule has 0 saturated carbocycles. The number of cyclic esters (lactones) is 1. The van der Waals surface area contributed by atoms with Crippen molar-refractivity contribution >= 4 is 63.8 Å². The van der Waals surface area contributed by atoms with Crippen LogP contribution in [0.2, 0.25) is 9.36 Å². The molecule has 1 aromatic heterocycles. The Hall–Kier alpha value is -2.33. The van der Waals surface area contributed by atoms with E-state index in [4.69, 9.17) is 32.7 Å². The summed E-state index contributed by atoms with van der Waals surface area (Å²) in [5.41, 5.74) is 1.40. The zero-order chi connectivity index (χ0) is 21.3. The molecule has 1 N–H and O–H groups in total. The number of hydrogen-bond acceptors (Lipinski definition) is 6. The molecular formula is C19H17Cl2N3O5S. The number of benzene rings is 1. The number of hydrogen-bond donors (Lipinski definition) is 1. The predicted molar refractivity (Wildman–Crippen MR) is 114 cm³/mol. The first kappa shape index (κ1) is 20.9. The van der Waals surface area contributed by atoms with Crippen molar-refractivity contribution in [3.8, 4) is 0 Å². The number of carbonyl (C=O) groups is 3. The third-order valence-electron chi connectivity index (χ3n) is 4.69. The number of nitrogens with one attached hydrogen (secondary N) is 1. The Morgan fingerprint density at radius 1 is 1.17 bits per heavy atom. The van der Waals surface area contributed by atoms with Gasteiger partial charge in [-0.2, -0.15) is 0 Å². The maximum absolute atomic E-state index is 12.3. The minimum absolute atomic E-state index is 0.0669. The first-order valence-electron chi connectivity index (χ1n) is 9.11. The molecule has 2 aliphatic rings. The lowest BCUT2D eigenvalue weighted by Gasteiger charge is -2.27. The topological polar surface area (TPSA) is 88.2 Å². The standard InChI is InChI=1S/C19H17Cl2N3O5S/c20-14-7-15(30-17(14)21)18(26)22-8-13-9-24(19(27)29-13)12-3-1-11(2-4-12)23-5-6-28-10-16(23)25/h1-4,7,13H,5-6,8-10H2,(H,22,26). The van der Waals surface area contributed by atoms with Gasteiger partial charge in [-0.25, -0.2) is 4.79 Å². The molecule has 8 nitrogen and oxygen atoms in total. The maximum Gasteiger partial charge on any atom is 0.414 e. The van der Waals surface area contributed by atoms with Gasteiger partial charge in [-0.1, -0.05) is 23.2 Å². The van der Waals surface area contributed by atoms with Crippen LogP contribution in [0.3, 0.4) is 0 Å². The molecule has 2 saturated heterocycles. The predicted octanol–water partition coefficient (Wildman–Crippen LogP) is 3.17. The van der Waals surface area contributed by atoms with E-state index in [1.807, 2.05) is 0 Å². The minimum Gasteiger partial charge on any atom is -0.442 e. The van der Waals surface area contributed by atoms with Crippen LogP contribution in [0.1, 0.15) is 9.67 Å². The highest BCUT2D eigenvalue weighted by Crippen LogP contribution is 2.31. The van der Waals surface area contributed by atoms with Gasteiger partial charge in [-0.3, -0.25) is 14.5 Å². The van der Waals surface area contributed by atoms with E-state index in [0.717, 1.165) is 17.0 Å². The lowest BCUT2D eigenvalue weighted by molar-refractivity contribution is -0.125. The first-order chi connectivity index (χ1) is 14.4. The van der Waals surface area contributed by atoms with Crippen molar-refractivity contribution < 1.29 is 23.9 Å². The fourth-order valence-corrected chi connectivity index (χ4v) is 4.48. The van der Waals surface area contributed by atoms with Gasteiger partial charge in [0.1, 0.15) is 17.0 Å². The van der Waals surface area contributed by atoms with Crippen LogP contribution in [0.4, 0.5) is 16.2 Å². The number of amides is 3. The largest absolute Gasteiger partial charge is 0.442 e. The fourth-order valence-electron chi connectivity index (χ4n) is 3.19. The van der Waals surface area contributed by atoms with Crippen molar-refractivity contribution in [2.75, 3.05) is 42.6 Å². The summed E-state index contributed by atoms with van der Waals surface area (Å²) in [6, 6.07) is 8.58. The van der Waals surface area contributed by atoms with Crippen molar-refractivity contribution in [2.24, 2.45) is 0 Å². The highest BCUT2D eigenvalue weighted by molar-refractivity contribution is 7.18. The second kappa shape index (κ2) is 8.81. The van der Waals surface area contributed by atoms with Gasteiger partial charge in [0.05, 0.1) is 29.6 Å². The fraction of sp³-hybridized carbons (Fsp3) is 0.316. The number of halogens is 2. The first-order valence-corrected chi connectivity index (χ1v) is 10.7. The molecule has 11 heteroatoms. The summed E-state index contributed by atoms with van der Waals surface area (Å²) in [4.78, 5) is 39.9. The molecule has 1 aromatic carbocycles. The molecule has 3 amide bonds. The van der Waals surface area contributed by atoms with E-state index in [2.05, 4.69) is 5.32 Å². The SMILES string of the molecule is O=C(NCC1CN(c2ccc(N3CCOCC3=O)cc2)C(=O)O1)c1cc(Cl)c(Cl)s1. The van der Waals surface area contributed by atoms with Crippen molar-refractivity contribution in [3.63, 3.8) is 0 Å². The molecule has 3 heterocycles. The lowest BCUT2D eigenvalue weighted by atomic mass is 10.2. The van der Waals surface area contributed by atoms with Crippen LogP contribution in [0.25, 0.3) is 0 Å². The van der Waals surface area contributed by atoms with E-state index in [1.165, 1.54) is 11.0 Å². The molecule has 30 heavy (non-hydrogen) atoms. The summed E-state index contributed by atoms with van der Waals surface area (Å²) in [7, 11) is 0. The van der Waals surface area contributed by atoms with Crippen molar-refractivity contribution in [1.82, 2.24) is 5.32 Å². The molecule has 0 spiro atoms. The monoisotopic (exact) mass is 469 g/mol. The quantitative estimate of drug-likeness (QED) is 0.726. The van der Waals surface area contributed by atoms with E-state index >= 15 is 0 Å². The van der Waals surface area contributed by atoms with Gasteiger partial charge in [-0.15, -0.1) is 11.3 Å². The van der Waals surface area contributed by atoms with Gasteiger partial charge >= 0.3 is 6.09 Å². The van der Waals surface area contributed by atoms with Crippen LogP contribution < -0.4 is 15.1 Å². The Kier molecular flexibility index (Phi) is 6.14. The van der Waals surface area contributed by atoms with E-state index in [-0.39, 0.29) is 25.0 Å². The summed E-state index contributed by atoms with van der Waals surface area (Å²) >= 11 is 12.8. The number of carbonyl (C=O) groups excluding carboxylic acids is 3. The average Bonchev–Trinajstić information content (AvgIpc) is 3.28. The van der Waals surface area contributed by atoms with Crippen LogP contribution in [-0.2, 0) is 14.3 Å². The highest BCUT2D eigenvalue weighted by atomic mass is 35.5. The molecule has 1 atom stereocenters. The van der Waals surface area contributed by atoms with E-state index in [9.17, 15) is 14.4 Å². The lowest BCUT2D eigenvalue weighted by Crippen LogP contribution is -2.41. The van der Waals surface area contributed by atoms with Crippen molar-refractivity contribution in [1.29, 1.82) is 0 Å². The smallest absolute Gasteiger partial charge is 0.414 e. The summed E-state index contributed by atoms with van der Waals surface area (Å²) in [6.07, 6.45) is -0.987. The second-order valence-electron chi connectivity index (χ2n) is 6.67. The second-order valence-corrected chi connectivity index (χ2v) is 8.73. The number of ether oxygens (including phenoxy) is 2. The highest BCUT2D eigenvalue weighted by Gasteiger charge is 2.33. The molecule has 4 rings (SSSR count). The van der Waals surface area contributed by atoms with E-state index < -0.39 is 12.2 Å². The Labute approximate surface area is 186 Å². The van der Waals surface area contributed by atoms with Gasteiger partial charge in [0.25, 0.3) is 11.8 Å². The number of anilines is 2. The van der Waals surface area contributed by atoms with Crippen molar-refractivity contribution in [2.45, 2.75) is 6.10 Å². The number of rotatable bonds is 5. The third-order valence-corrected chi connectivity index (χ3v) is 6.56. The van der Waals surface area contributed by atoms with Crippen LogP contribution in [0.5, 0.6) is 0 Å². The molecular weight excluding hydrogens is 453 g/mol. The Bertz CT molecular complexity index is 962. The van der Waals surface area contributed by atoms with Gasteiger partial charge in [0, 0.05) is 17.9 Å². The number of nitrogens with zero attached hydrogens (tertiary/aromatic N) is 2. The van der Waals surface area contributed by atoms with Crippen LogP contribution in [-0.4, -0.2) is 56.9 Å². The molecule has 0 aliphatic carbocycles. The summed E-state index contributed by atoms with van der Waals surface area (Å²) in [6.45, 7) is 1.50. The van der Waals surface area contributed by atoms with Gasteiger partial charge in [0.2, 0.25) is 0 Å². The molecule has 2 aromatic rings. The van der Waals surface area contributed by atoms with Crippen molar-refractivity contribution in [3.05, 3.63) is 44.6 Å². The Balaban J connectivity index is 1.35. The summed E-state index contributed by atoms with van der Waals surface area (Å²) in [5, 5.41) is 3.05. The third kappa shape index (κ3) is 4.39. The molecule has 0 bridgehead atoms. The van der Waals surface area contributed by atoms with E-state index in [1.54, 1.807) is 29.2 Å². The van der Waals surface area contributed by atoms with E-state index in [0.29, 0.717) is 39.6 Å². The van der Waals surface area contributed by atoms with Crippen LogP contribution in [0.15, 0.2) is 30.3 Å². The molecule has 158 valence electrons. The Morgan fingerprint density at radius 2 is 1.87 bits per heavy atom. The Morgan fingerprint density at radius 3 is 2.50 bits per heavy atom. The van der Waals surface area contributed by atoms with Gasteiger partial charge in [-0.05, 0) is 30.3 Å². The van der Waals surface area contributed by atoms with Crippen LogP contribution >= 0.6 is 34.5 Å². The van der Waals surface area contributed by atoms with Gasteiger partial charge < -0.3 is 19.7 Å². The maximum atomic E-state index is 12.3. The zero-order valence-electron chi connectivity index (χ0n) is 15.6. The minimum atomic E-state index is -0.494. The molecule has 1 unspecified atom stereocenters. The van der Waals surface area contributed by atoms with Crippen LogP contribution in [0, 0.1) is 0 Å². The summed E-state index contributed by atoms with van der Waals surface area (Å²) < 4.78 is 10.8. The normalized spacial score (nSPS) is 19.2. The molecule has 2 fully saturated rings. The summed E-state index contributed by atoms with van der Waals surface area (Å²) in [5.74, 6) is -0.429. The average molecular weight is 470 g/mol. The molecule has 2 aliphatic heterocycles. The zero-order valence-corrected chi connectivity index (χ0v) is 17.9. The van der Waals surface area contributed by atoms with Gasteiger partial charge in [0.15, 0.2) is 0 Å². The number of thiophene rings is 1. The molecule has 0 radical (unpaired) electrons. The number of morpholine rings is 1.